The number of hydrogen-bond donors (Lipinski definition) is 1. The fourth-order valence-electron chi connectivity index (χ4n) is 2.49. The standard InChI is InChI=1S/C20H19N5O3/c1-14-7-6-10-17(11-14)21-19(26)13-28-20(27)18(25-15(2)22-23-24-25)12-16-8-4-3-5-9-16/h3-12H,13H2,1-2H3,(H,21,26)/b18-12-. The van der Waals surface area contributed by atoms with Crippen molar-refractivity contribution in [1.29, 1.82) is 0 Å². The van der Waals surface area contributed by atoms with Crippen LogP contribution in [0.5, 0.6) is 0 Å². The summed E-state index contributed by atoms with van der Waals surface area (Å²) in [4.78, 5) is 24.7. The molecule has 0 saturated carbocycles. The van der Waals surface area contributed by atoms with E-state index in [2.05, 4.69) is 20.8 Å². The van der Waals surface area contributed by atoms with Gasteiger partial charge in [0.2, 0.25) is 0 Å². The van der Waals surface area contributed by atoms with E-state index in [1.54, 1.807) is 19.1 Å². The Morgan fingerprint density at radius 3 is 2.57 bits per heavy atom. The van der Waals surface area contributed by atoms with E-state index in [9.17, 15) is 9.59 Å². The van der Waals surface area contributed by atoms with Crippen molar-refractivity contribution in [3.05, 3.63) is 71.5 Å². The number of carbonyl (C=O) groups is 2. The van der Waals surface area contributed by atoms with Gasteiger partial charge in [-0.25, -0.2) is 4.79 Å². The zero-order chi connectivity index (χ0) is 19.9. The summed E-state index contributed by atoms with van der Waals surface area (Å²) in [6.07, 6.45) is 1.60. The normalized spacial score (nSPS) is 11.1. The van der Waals surface area contributed by atoms with Gasteiger partial charge in [0.25, 0.3) is 5.91 Å². The maximum atomic E-state index is 12.6. The number of carbonyl (C=O) groups excluding carboxylic acids is 2. The second kappa shape index (κ2) is 8.72. The summed E-state index contributed by atoms with van der Waals surface area (Å²) in [5, 5.41) is 13.9. The van der Waals surface area contributed by atoms with Crippen LogP contribution in [0.3, 0.4) is 0 Å². The molecule has 0 aliphatic heterocycles. The summed E-state index contributed by atoms with van der Waals surface area (Å²) in [6.45, 7) is 3.15. The van der Waals surface area contributed by atoms with Crippen molar-refractivity contribution in [3.8, 4) is 0 Å². The smallest absolute Gasteiger partial charge is 0.357 e. The lowest BCUT2D eigenvalue weighted by atomic mass is 10.2. The van der Waals surface area contributed by atoms with Crippen LogP contribution in [0.25, 0.3) is 11.8 Å². The molecule has 0 atom stereocenters. The van der Waals surface area contributed by atoms with Gasteiger partial charge < -0.3 is 10.1 Å². The van der Waals surface area contributed by atoms with E-state index < -0.39 is 18.5 Å². The number of aromatic nitrogens is 4. The lowest BCUT2D eigenvalue weighted by Crippen LogP contribution is -2.23. The first-order valence-electron chi connectivity index (χ1n) is 8.58. The van der Waals surface area contributed by atoms with Gasteiger partial charge in [0.15, 0.2) is 18.1 Å². The Kier molecular flexibility index (Phi) is 5.91. The van der Waals surface area contributed by atoms with Gasteiger partial charge in [-0.15, -0.1) is 5.10 Å². The summed E-state index contributed by atoms with van der Waals surface area (Å²) < 4.78 is 6.46. The van der Waals surface area contributed by atoms with E-state index in [0.717, 1.165) is 11.1 Å². The first-order chi connectivity index (χ1) is 13.5. The molecule has 0 unspecified atom stereocenters. The van der Waals surface area contributed by atoms with Crippen molar-refractivity contribution in [2.24, 2.45) is 0 Å². The van der Waals surface area contributed by atoms with Crippen molar-refractivity contribution in [3.63, 3.8) is 0 Å². The number of hydrogen-bond acceptors (Lipinski definition) is 6. The van der Waals surface area contributed by atoms with E-state index in [1.807, 2.05) is 55.5 Å². The molecular formula is C20H19N5O3. The summed E-state index contributed by atoms with van der Waals surface area (Å²) >= 11 is 0. The summed E-state index contributed by atoms with van der Waals surface area (Å²) in [5.41, 5.74) is 2.53. The zero-order valence-electron chi connectivity index (χ0n) is 15.5. The minimum Gasteiger partial charge on any atom is -0.451 e. The molecule has 3 aromatic rings. The predicted octanol–water partition coefficient (Wildman–Crippen LogP) is 2.47. The average molecular weight is 377 g/mol. The SMILES string of the molecule is Cc1cccc(NC(=O)COC(=O)/C(=C/c2ccccc2)n2nnnc2C)c1. The van der Waals surface area contributed by atoms with E-state index >= 15 is 0 Å². The van der Waals surface area contributed by atoms with E-state index in [0.29, 0.717) is 11.5 Å². The Balaban J connectivity index is 1.72. The van der Waals surface area contributed by atoms with Gasteiger partial charge in [0, 0.05) is 5.69 Å². The molecule has 1 heterocycles. The van der Waals surface area contributed by atoms with Crippen molar-refractivity contribution in [1.82, 2.24) is 20.2 Å². The lowest BCUT2D eigenvalue weighted by Gasteiger charge is -2.10. The molecule has 28 heavy (non-hydrogen) atoms. The number of anilines is 1. The average Bonchev–Trinajstić information content (AvgIpc) is 3.10. The summed E-state index contributed by atoms with van der Waals surface area (Å²) in [6, 6.07) is 16.6. The van der Waals surface area contributed by atoms with E-state index in [1.165, 1.54) is 4.68 Å². The molecule has 0 aliphatic carbocycles. The van der Waals surface area contributed by atoms with Crippen LogP contribution in [0.4, 0.5) is 5.69 Å². The molecule has 142 valence electrons. The third-order valence-corrected chi connectivity index (χ3v) is 3.80. The van der Waals surface area contributed by atoms with Gasteiger partial charge >= 0.3 is 5.97 Å². The highest BCUT2D eigenvalue weighted by atomic mass is 16.5. The lowest BCUT2D eigenvalue weighted by molar-refractivity contribution is -0.141. The Morgan fingerprint density at radius 1 is 1.11 bits per heavy atom. The molecule has 0 radical (unpaired) electrons. The van der Waals surface area contributed by atoms with Crippen LogP contribution in [0.2, 0.25) is 0 Å². The van der Waals surface area contributed by atoms with Crippen molar-refractivity contribution in [2.75, 3.05) is 11.9 Å². The van der Waals surface area contributed by atoms with Gasteiger partial charge in [-0.05, 0) is 53.6 Å². The maximum absolute atomic E-state index is 12.6. The molecule has 1 amide bonds. The number of nitrogens with one attached hydrogen (secondary N) is 1. The molecule has 0 bridgehead atoms. The maximum Gasteiger partial charge on any atom is 0.357 e. The van der Waals surface area contributed by atoms with Crippen molar-refractivity contribution < 1.29 is 14.3 Å². The molecule has 8 heteroatoms. The Hall–Kier alpha value is -3.81. The van der Waals surface area contributed by atoms with Crippen LogP contribution in [0.1, 0.15) is 17.0 Å². The van der Waals surface area contributed by atoms with Crippen molar-refractivity contribution >= 4 is 29.3 Å². The van der Waals surface area contributed by atoms with Gasteiger partial charge in [0.05, 0.1) is 0 Å². The van der Waals surface area contributed by atoms with Gasteiger partial charge in [-0.3, -0.25) is 4.79 Å². The highest BCUT2D eigenvalue weighted by molar-refractivity contribution is 6.15. The van der Waals surface area contributed by atoms with E-state index in [-0.39, 0.29) is 5.70 Å². The minimum atomic E-state index is -0.710. The van der Waals surface area contributed by atoms with Crippen LogP contribution >= 0.6 is 0 Å². The molecule has 2 aromatic carbocycles. The molecule has 0 fully saturated rings. The van der Waals surface area contributed by atoms with E-state index in [4.69, 9.17) is 4.74 Å². The number of nitrogens with zero attached hydrogens (tertiary/aromatic N) is 4. The monoisotopic (exact) mass is 377 g/mol. The highest BCUT2D eigenvalue weighted by Gasteiger charge is 2.19. The van der Waals surface area contributed by atoms with Crippen LogP contribution in [-0.4, -0.2) is 38.7 Å². The van der Waals surface area contributed by atoms with Crippen LogP contribution in [0, 0.1) is 13.8 Å². The zero-order valence-corrected chi connectivity index (χ0v) is 15.5. The number of amides is 1. The third kappa shape index (κ3) is 4.88. The van der Waals surface area contributed by atoms with Crippen LogP contribution in [0.15, 0.2) is 54.6 Å². The number of tetrazole rings is 1. The molecule has 0 spiro atoms. The largest absolute Gasteiger partial charge is 0.451 e. The first kappa shape index (κ1) is 19.0. The molecule has 8 nitrogen and oxygen atoms in total. The third-order valence-electron chi connectivity index (χ3n) is 3.80. The Bertz CT molecular complexity index is 1010. The van der Waals surface area contributed by atoms with Crippen molar-refractivity contribution in [2.45, 2.75) is 13.8 Å². The fourth-order valence-corrected chi connectivity index (χ4v) is 2.49. The molecule has 3 rings (SSSR count). The van der Waals surface area contributed by atoms with Crippen LogP contribution < -0.4 is 5.32 Å². The van der Waals surface area contributed by atoms with Gasteiger partial charge in [0.1, 0.15) is 0 Å². The molecule has 1 N–H and O–H groups in total. The summed E-state index contributed by atoms with van der Waals surface area (Å²) in [7, 11) is 0. The number of benzene rings is 2. The molecule has 1 aromatic heterocycles. The Morgan fingerprint density at radius 2 is 1.89 bits per heavy atom. The molecule has 0 aliphatic rings. The number of rotatable bonds is 6. The number of ether oxygens (including phenoxy) is 1. The van der Waals surface area contributed by atoms with Gasteiger partial charge in [-0.2, -0.15) is 4.68 Å². The molecular weight excluding hydrogens is 358 g/mol. The summed E-state index contributed by atoms with van der Waals surface area (Å²) in [5.74, 6) is -0.728. The second-order valence-electron chi connectivity index (χ2n) is 6.07. The highest BCUT2D eigenvalue weighted by Crippen LogP contribution is 2.14. The quantitative estimate of drug-likeness (QED) is 0.523. The number of esters is 1. The topological polar surface area (TPSA) is 99.0 Å². The Labute approximate surface area is 161 Å². The number of aryl methyl sites for hydroxylation is 2. The molecule has 0 saturated heterocycles. The predicted molar refractivity (Wildman–Crippen MR) is 104 cm³/mol. The minimum absolute atomic E-state index is 0.108. The fraction of sp³-hybridized carbons (Fsp3) is 0.150. The second-order valence-corrected chi connectivity index (χ2v) is 6.07. The first-order valence-corrected chi connectivity index (χ1v) is 8.58. The van der Waals surface area contributed by atoms with Crippen LogP contribution in [-0.2, 0) is 14.3 Å². The van der Waals surface area contributed by atoms with Gasteiger partial charge in [-0.1, -0.05) is 42.5 Å².